The van der Waals surface area contributed by atoms with Crippen LogP contribution in [0.1, 0.15) is 43.6 Å². The van der Waals surface area contributed by atoms with Crippen molar-refractivity contribution < 1.29 is 14.4 Å². The number of hydrogen-bond acceptors (Lipinski definition) is 3. The second-order valence-corrected chi connectivity index (χ2v) is 6.42. The van der Waals surface area contributed by atoms with Crippen LogP contribution >= 0.6 is 12.6 Å². The fraction of sp³-hybridized carbons (Fsp3) is 0.438. The normalized spacial score (nSPS) is 12.8. The number of hydrogen-bond donors (Lipinski definition) is 1. The Balaban J connectivity index is 2.90. The van der Waals surface area contributed by atoms with E-state index in [-0.39, 0.29) is 11.6 Å². The first-order valence-corrected chi connectivity index (χ1v) is 6.94. The molecule has 0 amide bonds. The standard InChI is InChI=1S/C16H20O3S/c1-10(17)13(15(19)20)9-11-5-7-12(8-6-11)14(18)16(2,3)4/h5-8,13H,9H2,1-4H3,(H,19,20). The summed E-state index contributed by atoms with van der Waals surface area (Å²) in [5.74, 6) is -0.847. The number of carbonyl (C=O) groups is 3. The molecule has 0 aliphatic heterocycles. The van der Waals surface area contributed by atoms with Crippen molar-refractivity contribution in [2.45, 2.75) is 34.1 Å². The maximum atomic E-state index is 12.1. The molecule has 0 saturated heterocycles. The highest BCUT2D eigenvalue weighted by Gasteiger charge is 2.23. The van der Waals surface area contributed by atoms with Crippen LogP contribution in [-0.2, 0) is 16.0 Å². The third kappa shape index (κ3) is 4.30. The molecule has 0 aliphatic carbocycles. The van der Waals surface area contributed by atoms with Crippen LogP contribution in [0.15, 0.2) is 24.3 Å². The lowest BCUT2D eigenvalue weighted by Crippen LogP contribution is -2.21. The molecule has 0 saturated carbocycles. The second-order valence-electron chi connectivity index (χ2n) is 5.98. The van der Waals surface area contributed by atoms with Crippen LogP contribution in [0.4, 0.5) is 0 Å². The minimum Gasteiger partial charge on any atom is -0.299 e. The van der Waals surface area contributed by atoms with Crippen LogP contribution < -0.4 is 0 Å². The molecule has 0 bridgehead atoms. The Hall–Kier alpha value is -1.42. The van der Waals surface area contributed by atoms with Gasteiger partial charge in [-0.15, -0.1) is 12.6 Å². The third-order valence-corrected chi connectivity index (χ3v) is 3.44. The molecule has 1 aromatic rings. The van der Waals surface area contributed by atoms with Gasteiger partial charge in [0.2, 0.25) is 0 Å². The highest BCUT2D eigenvalue weighted by atomic mass is 32.1. The summed E-state index contributed by atoms with van der Waals surface area (Å²) < 4.78 is 0. The average Bonchev–Trinajstić information content (AvgIpc) is 2.34. The molecule has 1 rings (SSSR count). The number of rotatable bonds is 5. The summed E-state index contributed by atoms with van der Waals surface area (Å²) in [6, 6.07) is 7.05. The van der Waals surface area contributed by atoms with E-state index >= 15 is 0 Å². The molecule has 108 valence electrons. The zero-order valence-electron chi connectivity index (χ0n) is 12.3. The Kier molecular flexibility index (Phi) is 5.28. The van der Waals surface area contributed by atoms with Crippen LogP contribution in [0.25, 0.3) is 0 Å². The summed E-state index contributed by atoms with van der Waals surface area (Å²) in [5, 5.41) is -0.424. The quantitative estimate of drug-likeness (QED) is 0.515. The molecule has 0 aromatic heterocycles. The van der Waals surface area contributed by atoms with E-state index in [0.29, 0.717) is 12.0 Å². The van der Waals surface area contributed by atoms with Crippen molar-refractivity contribution in [2.75, 3.05) is 0 Å². The maximum absolute atomic E-state index is 12.1. The monoisotopic (exact) mass is 292 g/mol. The van der Waals surface area contributed by atoms with Crippen molar-refractivity contribution in [3.8, 4) is 0 Å². The van der Waals surface area contributed by atoms with Crippen molar-refractivity contribution in [1.82, 2.24) is 0 Å². The molecular formula is C16H20O3S. The summed E-state index contributed by atoms with van der Waals surface area (Å²) in [4.78, 5) is 34.8. The number of benzene rings is 1. The van der Waals surface area contributed by atoms with E-state index in [4.69, 9.17) is 0 Å². The SMILES string of the molecule is CC(=O)C(Cc1ccc(C(=O)C(C)(C)C)cc1)C(=O)S. The summed E-state index contributed by atoms with van der Waals surface area (Å²) in [7, 11) is 0. The Morgan fingerprint density at radius 2 is 1.60 bits per heavy atom. The third-order valence-electron chi connectivity index (χ3n) is 3.13. The van der Waals surface area contributed by atoms with Crippen molar-refractivity contribution in [3.63, 3.8) is 0 Å². The van der Waals surface area contributed by atoms with Gasteiger partial charge in [-0.25, -0.2) is 0 Å². The molecule has 0 N–H and O–H groups in total. The van der Waals surface area contributed by atoms with Crippen LogP contribution in [0.3, 0.4) is 0 Å². The van der Waals surface area contributed by atoms with E-state index in [1.54, 1.807) is 24.3 Å². The predicted molar refractivity (Wildman–Crippen MR) is 82.1 cm³/mol. The molecule has 0 heterocycles. The van der Waals surface area contributed by atoms with Crippen LogP contribution in [0.5, 0.6) is 0 Å². The van der Waals surface area contributed by atoms with Crippen molar-refractivity contribution >= 4 is 29.3 Å². The lowest BCUT2D eigenvalue weighted by Gasteiger charge is -2.17. The zero-order valence-corrected chi connectivity index (χ0v) is 13.2. The summed E-state index contributed by atoms with van der Waals surface area (Å²) in [6.07, 6.45) is 0.321. The van der Waals surface area contributed by atoms with Crippen LogP contribution in [0.2, 0.25) is 0 Å². The van der Waals surface area contributed by atoms with Gasteiger partial charge in [0.25, 0.3) is 0 Å². The van der Waals surface area contributed by atoms with Crippen molar-refractivity contribution in [2.24, 2.45) is 11.3 Å². The minimum atomic E-state index is -0.720. The fourth-order valence-electron chi connectivity index (χ4n) is 1.87. The van der Waals surface area contributed by atoms with E-state index < -0.39 is 16.4 Å². The Bertz CT molecular complexity index is 510. The van der Waals surface area contributed by atoms with Gasteiger partial charge in [0, 0.05) is 11.0 Å². The second kappa shape index (κ2) is 6.35. The molecule has 0 aliphatic rings. The van der Waals surface area contributed by atoms with Gasteiger partial charge in [0.05, 0.1) is 5.92 Å². The highest BCUT2D eigenvalue weighted by molar-refractivity contribution is 7.96. The van der Waals surface area contributed by atoms with Gasteiger partial charge in [-0.1, -0.05) is 45.0 Å². The predicted octanol–water partition coefficient (Wildman–Crippen LogP) is 3.12. The van der Waals surface area contributed by atoms with Crippen LogP contribution in [-0.4, -0.2) is 16.7 Å². The number of ketones is 2. The molecule has 1 aromatic carbocycles. The Morgan fingerprint density at radius 1 is 1.10 bits per heavy atom. The summed E-state index contributed by atoms with van der Waals surface area (Å²) >= 11 is 3.74. The summed E-state index contributed by atoms with van der Waals surface area (Å²) in [5.41, 5.74) is 1.06. The number of Topliss-reactive ketones (excluding diaryl/α,β-unsaturated/α-hetero) is 2. The van der Waals surface area contributed by atoms with Crippen LogP contribution in [0, 0.1) is 11.3 Å². The molecular weight excluding hydrogens is 272 g/mol. The van der Waals surface area contributed by atoms with Gasteiger partial charge < -0.3 is 0 Å². The van der Waals surface area contributed by atoms with E-state index in [9.17, 15) is 14.4 Å². The first-order valence-electron chi connectivity index (χ1n) is 6.50. The molecule has 0 fully saturated rings. The highest BCUT2D eigenvalue weighted by Crippen LogP contribution is 2.21. The topological polar surface area (TPSA) is 51.2 Å². The van der Waals surface area contributed by atoms with Gasteiger partial charge in [-0.3, -0.25) is 14.4 Å². The smallest absolute Gasteiger partial charge is 0.196 e. The molecule has 0 radical (unpaired) electrons. The van der Waals surface area contributed by atoms with Gasteiger partial charge >= 0.3 is 0 Å². The maximum Gasteiger partial charge on any atom is 0.196 e. The minimum absolute atomic E-state index is 0.0671. The molecule has 20 heavy (non-hydrogen) atoms. The molecule has 3 nitrogen and oxygen atoms in total. The first kappa shape index (κ1) is 16.6. The molecule has 0 spiro atoms. The van der Waals surface area contributed by atoms with Gasteiger partial charge in [-0.05, 0) is 18.9 Å². The van der Waals surface area contributed by atoms with Gasteiger partial charge in [-0.2, -0.15) is 0 Å². The largest absolute Gasteiger partial charge is 0.299 e. The Morgan fingerprint density at radius 3 is 1.95 bits per heavy atom. The van der Waals surface area contributed by atoms with E-state index in [0.717, 1.165) is 5.56 Å². The van der Waals surface area contributed by atoms with E-state index in [1.807, 2.05) is 20.8 Å². The van der Waals surface area contributed by atoms with Crippen molar-refractivity contribution in [1.29, 1.82) is 0 Å². The molecule has 4 heteroatoms. The lowest BCUT2D eigenvalue weighted by atomic mass is 9.86. The lowest BCUT2D eigenvalue weighted by molar-refractivity contribution is -0.126. The van der Waals surface area contributed by atoms with Crippen molar-refractivity contribution in [3.05, 3.63) is 35.4 Å². The summed E-state index contributed by atoms with van der Waals surface area (Å²) in [6.45, 7) is 6.99. The van der Waals surface area contributed by atoms with E-state index in [1.165, 1.54) is 6.92 Å². The van der Waals surface area contributed by atoms with Gasteiger partial charge in [0.15, 0.2) is 10.9 Å². The first-order chi connectivity index (χ1) is 9.12. The number of carbonyl (C=O) groups excluding carboxylic acids is 3. The Labute approximate surface area is 125 Å². The molecule has 1 atom stereocenters. The fourth-order valence-corrected chi connectivity index (χ4v) is 2.14. The molecule has 1 unspecified atom stereocenters. The van der Waals surface area contributed by atoms with E-state index in [2.05, 4.69) is 12.6 Å². The average molecular weight is 292 g/mol. The number of thiol groups is 1. The van der Waals surface area contributed by atoms with Gasteiger partial charge in [0.1, 0.15) is 5.78 Å². The zero-order chi connectivity index (χ0) is 15.5.